The van der Waals surface area contributed by atoms with Crippen molar-refractivity contribution >= 4 is 28.4 Å². The molecule has 6 nitrogen and oxygen atoms in total. The van der Waals surface area contributed by atoms with E-state index in [1.807, 2.05) is 0 Å². The molecular formula is C10H14N4O2S. The number of hydrogen-bond acceptors (Lipinski definition) is 4. The van der Waals surface area contributed by atoms with E-state index in [-0.39, 0.29) is 11.9 Å². The zero-order valence-corrected chi connectivity index (χ0v) is 10.0. The molecule has 0 radical (unpaired) electrons. The first-order chi connectivity index (χ1) is 8.25. The summed E-state index contributed by atoms with van der Waals surface area (Å²) in [7, 11) is 0. The van der Waals surface area contributed by atoms with Gasteiger partial charge in [-0.25, -0.2) is 9.78 Å². The molecule has 2 heterocycles. The Morgan fingerprint density at radius 3 is 3.18 bits per heavy atom. The van der Waals surface area contributed by atoms with Crippen LogP contribution in [0.1, 0.15) is 19.3 Å². The van der Waals surface area contributed by atoms with Gasteiger partial charge in [0.05, 0.1) is 0 Å². The van der Waals surface area contributed by atoms with Gasteiger partial charge in [0, 0.05) is 18.1 Å². The van der Waals surface area contributed by atoms with Crippen molar-refractivity contribution in [2.24, 2.45) is 0 Å². The van der Waals surface area contributed by atoms with E-state index in [0.717, 1.165) is 12.8 Å². The Balaban J connectivity index is 1.86. The van der Waals surface area contributed by atoms with Gasteiger partial charge in [-0.05, 0) is 19.3 Å². The average Bonchev–Trinajstić information content (AvgIpc) is 2.71. The van der Waals surface area contributed by atoms with Gasteiger partial charge in [-0.15, -0.1) is 11.3 Å². The highest BCUT2D eigenvalue weighted by molar-refractivity contribution is 7.13. The normalized spacial score (nSPS) is 20.2. The maximum absolute atomic E-state index is 11.6. The predicted molar refractivity (Wildman–Crippen MR) is 64.9 cm³/mol. The summed E-state index contributed by atoms with van der Waals surface area (Å²) in [6, 6.07) is -0.834. The SMILES string of the molecule is O=C(Nc1nccs1)NC1CCCCNC1=O. The van der Waals surface area contributed by atoms with Crippen LogP contribution in [0, 0.1) is 0 Å². The number of anilines is 1. The molecule has 1 fully saturated rings. The van der Waals surface area contributed by atoms with Gasteiger partial charge in [0.2, 0.25) is 5.91 Å². The molecule has 1 aliphatic heterocycles. The zero-order chi connectivity index (χ0) is 12.1. The van der Waals surface area contributed by atoms with Crippen LogP contribution >= 0.6 is 11.3 Å². The van der Waals surface area contributed by atoms with Crippen molar-refractivity contribution < 1.29 is 9.59 Å². The summed E-state index contributed by atoms with van der Waals surface area (Å²) in [5.74, 6) is -0.114. The molecule has 1 unspecified atom stereocenters. The topological polar surface area (TPSA) is 83.1 Å². The van der Waals surface area contributed by atoms with Gasteiger partial charge in [-0.2, -0.15) is 0 Å². The Kier molecular flexibility index (Phi) is 3.92. The zero-order valence-electron chi connectivity index (χ0n) is 9.23. The molecule has 2 rings (SSSR count). The van der Waals surface area contributed by atoms with E-state index in [1.54, 1.807) is 11.6 Å². The molecule has 0 spiro atoms. The summed E-state index contributed by atoms with van der Waals surface area (Å²) in [6.45, 7) is 0.686. The Hall–Kier alpha value is -1.63. The van der Waals surface area contributed by atoms with Crippen molar-refractivity contribution in [2.45, 2.75) is 25.3 Å². The molecule has 1 saturated heterocycles. The fraction of sp³-hybridized carbons (Fsp3) is 0.500. The maximum Gasteiger partial charge on any atom is 0.321 e. The van der Waals surface area contributed by atoms with Crippen molar-refractivity contribution in [1.82, 2.24) is 15.6 Å². The van der Waals surface area contributed by atoms with Gasteiger partial charge in [-0.3, -0.25) is 10.1 Å². The fourth-order valence-electron chi connectivity index (χ4n) is 1.65. The van der Waals surface area contributed by atoms with Crippen LogP contribution in [0.25, 0.3) is 0 Å². The third-order valence-corrected chi connectivity index (χ3v) is 3.18. The van der Waals surface area contributed by atoms with Crippen LogP contribution in [0.4, 0.5) is 9.93 Å². The summed E-state index contributed by atoms with van der Waals surface area (Å²) >= 11 is 1.33. The highest BCUT2D eigenvalue weighted by Crippen LogP contribution is 2.10. The summed E-state index contributed by atoms with van der Waals surface area (Å²) in [5.41, 5.74) is 0. The minimum Gasteiger partial charge on any atom is -0.354 e. The molecule has 0 bridgehead atoms. The van der Waals surface area contributed by atoms with E-state index in [2.05, 4.69) is 20.9 Å². The smallest absolute Gasteiger partial charge is 0.321 e. The highest BCUT2D eigenvalue weighted by atomic mass is 32.1. The minimum atomic E-state index is -0.447. The summed E-state index contributed by atoms with van der Waals surface area (Å²) in [6.07, 6.45) is 4.18. The van der Waals surface area contributed by atoms with Gasteiger partial charge in [0.25, 0.3) is 0 Å². The minimum absolute atomic E-state index is 0.114. The number of thiazole rings is 1. The molecule has 7 heteroatoms. The number of amides is 3. The van der Waals surface area contributed by atoms with E-state index in [9.17, 15) is 9.59 Å². The second-order valence-electron chi connectivity index (χ2n) is 3.78. The quantitative estimate of drug-likeness (QED) is 0.734. The van der Waals surface area contributed by atoms with Crippen molar-refractivity contribution in [1.29, 1.82) is 0 Å². The number of urea groups is 1. The van der Waals surface area contributed by atoms with Crippen LogP contribution in [0.2, 0.25) is 0 Å². The molecule has 1 aliphatic rings. The molecule has 3 N–H and O–H groups in total. The number of nitrogens with zero attached hydrogens (tertiary/aromatic N) is 1. The number of rotatable bonds is 2. The van der Waals surface area contributed by atoms with E-state index in [0.29, 0.717) is 18.1 Å². The Labute approximate surface area is 103 Å². The molecule has 1 atom stereocenters. The molecular weight excluding hydrogens is 240 g/mol. The third-order valence-electron chi connectivity index (χ3n) is 2.49. The molecule has 0 aliphatic carbocycles. The molecule has 1 aromatic rings. The lowest BCUT2D eigenvalue weighted by atomic mass is 10.1. The number of aromatic nitrogens is 1. The van der Waals surface area contributed by atoms with Crippen molar-refractivity contribution in [3.8, 4) is 0 Å². The third kappa shape index (κ3) is 3.42. The van der Waals surface area contributed by atoms with Crippen LogP contribution in [-0.2, 0) is 4.79 Å². The first kappa shape index (κ1) is 11.8. The van der Waals surface area contributed by atoms with Crippen LogP contribution in [0.15, 0.2) is 11.6 Å². The fourth-order valence-corrected chi connectivity index (χ4v) is 2.18. The van der Waals surface area contributed by atoms with Gasteiger partial charge in [0.15, 0.2) is 5.13 Å². The highest BCUT2D eigenvalue weighted by Gasteiger charge is 2.22. The number of carbonyl (C=O) groups excluding carboxylic acids is 2. The van der Waals surface area contributed by atoms with Crippen LogP contribution in [-0.4, -0.2) is 29.5 Å². The average molecular weight is 254 g/mol. The monoisotopic (exact) mass is 254 g/mol. The van der Waals surface area contributed by atoms with Crippen molar-refractivity contribution in [2.75, 3.05) is 11.9 Å². The van der Waals surface area contributed by atoms with Crippen molar-refractivity contribution in [3.63, 3.8) is 0 Å². The van der Waals surface area contributed by atoms with Gasteiger partial charge in [-0.1, -0.05) is 0 Å². The van der Waals surface area contributed by atoms with Gasteiger partial charge < -0.3 is 10.6 Å². The van der Waals surface area contributed by atoms with Crippen LogP contribution < -0.4 is 16.0 Å². The van der Waals surface area contributed by atoms with E-state index >= 15 is 0 Å². The van der Waals surface area contributed by atoms with E-state index < -0.39 is 6.04 Å². The molecule has 0 aromatic carbocycles. The maximum atomic E-state index is 11.6. The lowest BCUT2D eigenvalue weighted by molar-refractivity contribution is -0.122. The second kappa shape index (κ2) is 5.62. The van der Waals surface area contributed by atoms with Crippen LogP contribution in [0.3, 0.4) is 0 Å². The first-order valence-corrected chi connectivity index (χ1v) is 6.38. The second-order valence-corrected chi connectivity index (χ2v) is 4.67. The molecule has 17 heavy (non-hydrogen) atoms. The van der Waals surface area contributed by atoms with Gasteiger partial charge >= 0.3 is 6.03 Å². The number of nitrogens with one attached hydrogen (secondary N) is 3. The summed E-state index contributed by atoms with van der Waals surface area (Å²) in [5, 5.41) is 10.3. The van der Waals surface area contributed by atoms with E-state index in [1.165, 1.54) is 11.3 Å². The van der Waals surface area contributed by atoms with Gasteiger partial charge in [0.1, 0.15) is 6.04 Å². The largest absolute Gasteiger partial charge is 0.354 e. The van der Waals surface area contributed by atoms with E-state index in [4.69, 9.17) is 0 Å². The number of carbonyl (C=O) groups is 2. The standard InChI is InChI=1S/C10H14N4O2S/c15-8-7(3-1-2-4-11-8)13-9(16)14-10-12-5-6-17-10/h5-7H,1-4H2,(H,11,15)(H2,12,13,14,16). The Bertz CT molecular complexity index is 393. The van der Waals surface area contributed by atoms with Crippen molar-refractivity contribution in [3.05, 3.63) is 11.6 Å². The Morgan fingerprint density at radius 1 is 1.53 bits per heavy atom. The first-order valence-electron chi connectivity index (χ1n) is 5.50. The predicted octanol–water partition coefficient (Wildman–Crippen LogP) is 0.933. The molecule has 1 aromatic heterocycles. The summed E-state index contributed by atoms with van der Waals surface area (Å²) < 4.78 is 0. The number of hydrogen-bond donors (Lipinski definition) is 3. The van der Waals surface area contributed by atoms with Crippen LogP contribution in [0.5, 0.6) is 0 Å². The lowest BCUT2D eigenvalue weighted by Gasteiger charge is -2.14. The molecule has 3 amide bonds. The molecule has 92 valence electrons. The summed E-state index contributed by atoms with van der Waals surface area (Å²) in [4.78, 5) is 27.1. The molecule has 0 saturated carbocycles. The Morgan fingerprint density at radius 2 is 2.41 bits per heavy atom. The lowest BCUT2D eigenvalue weighted by Crippen LogP contribution is -2.46.